The predicted octanol–water partition coefficient (Wildman–Crippen LogP) is -0.0702. The van der Waals surface area contributed by atoms with Crippen molar-refractivity contribution in [1.82, 2.24) is 0 Å². The van der Waals surface area contributed by atoms with Gasteiger partial charge in [-0.25, -0.2) is 0 Å². The van der Waals surface area contributed by atoms with E-state index in [4.69, 9.17) is 9.47 Å². The van der Waals surface area contributed by atoms with Crippen LogP contribution in [0.4, 0.5) is 0 Å². The predicted molar refractivity (Wildman–Crippen MR) is 86.9 cm³/mol. The Morgan fingerprint density at radius 3 is 2.36 bits per heavy atom. The third-order valence-corrected chi connectivity index (χ3v) is 5.47. The highest BCUT2D eigenvalue weighted by Crippen LogP contribution is 2.23. The van der Waals surface area contributed by atoms with E-state index in [1.807, 2.05) is 17.0 Å². The van der Waals surface area contributed by atoms with Crippen molar-refractivity contribution in [2.45, 2.75) is 38.3 Å². The number of quaternary nitrogens is 2. The molecule has 2 fully saturated rings. The number of methoxy groups -OCH3 is 2. The van der Waals surface area contributed by atoms with Crippen molar-refractivity contribution in [3.8, 4) is 11.5 Å². The molecule has 1 saturated carbocycles. The molecular weight excluding hydrogens is 276 g/mol. The number of ether oxygens (including phenoxy) is 2. The van der Waals surface area contributed by atoms with Crippen molar-refractivity contribution in [2.24, 2.45) is 0 Å². The van der Waals surface area contributed by atoms with Gasteiger partial charge in [-0.05, 0) is 37.8 Å². The van der Waals surface area contributed by atoms with Gasteiger partial charge >= 0.3 is 0 Å². The Morgan fingerprint density at radius 2 is 1.73 bits per heavy atom. The van der Waals surface area contributed by atoms with Gasteiger partial charge in [0.1, 0.15) is 44.2 Å². The van der Waals surface area contributed by atoms with Gasteiger partial charge in [0.25, 0.3) is 0 Å². The summed E-state index contributed by atoms with van der Waals surface area (Å²) >= 11 is 0. The minimum atomic E-state index is 0.867. The van der Waals surface area contributed by atoms with Gasteiger partial charge in [-0.1, -0.05) is 0 Å². The topological polar surface area (TPSA) is 27.3 Å². The molecular formula is C18H30N2O2+2. The second-order valence-corrected chi connectivity index (χ2v) is 6.74. The van der Waals surface area contributed by atoms with Gasteiger partial charge in [-0.3, -0.25) is 0 Å². The Hall–Kier alpha value is -1.26. The standard InChI is InChI=1S/C18H28N2O2/c1-21-17-8-7-15(18(13-17)22-2)14-19-9-11-20(12-10-19)16-5-3-4-6-16/h7-8,13,16H,3-6,9-12,14H2,1-2H3/p+2. The molecule has 0 spiro atoms. The lowest BCUT2D eigenvalue weighted by molar-refractivity contribution is -1.03. The lowest BCUT2D eigenvalue weighted by atomic mass is 10.1. The first-order valence-corrected chi connectivity index (χ1v) is 8.69. The van der Waals surface area contributed by atoms with Crippen LogP contribution in [0.25, 0.3) is 0 Å². The first kappa shape index (κ1) is 15.6. The van der Waals surface area contributed by atoms with Crippen LogP contribution in [0.2, 0.25) is 0 Å². The molecule has 22 heavy (non-hydrogen) atoms. The first-order valence-electron chi connectivity index (χ1n) is 8.69. The summed E-state index contributed by atoms with van der Waals surface area (Å²) in [4.78, 5) is 3.55. The van der Waals surface area contributed by atoms with Crippen LogP contribution in [0.3, 0.4) is 0 Å². The molecule has 4 heteroatoms. The van der Waals surface area contributed by atoms with E-state index < -0.39 is 0 Å². The molecule has 0 atom stereocenters. The second-order valence-electron chi connectivity index (χ2n) is 6.74. The molecule has 2 N–H and O–H groups in total. The summed E-state index contributed by atoms with van der Waals surface area (Å²) in [6, 6.07) is 7.14. The van der Waals surface area contributed by atoms with Crippen LogP contribution in [-0.4, -0.2) is 46.4 Å². The monoisotopic (exact) mass is 306 g/mol. The molecule has 0 radical (unpaired) electrons. The molecule has 1 aromatic carbocycles. The molecule has 4 nitrogen and oxygen atoms in total. The van der Waals surface area contributed by atoms with Gasteiger partial charge in [0.15, 0.2) is 0 Å². The van der Waals surface area contributed by atoms with E-state index in [0.717, 1.165) is 24.1 Å². The van der Waals surface area contributed by atoms with E-state index in [1.54, 1.807) is 19.1 Å². The van der Waals surface area contributed by atoms with Crippen LogP contribution in [0.15, 0.2) is 18.2 Å². The maximum absolute atomic E-state index is 5.53. The number of piperazine rings is 1. The molecule has 3 rings (SSSR count). The van der Waals surface area contributed by atoms with Gasteiger partial charge in [0, 0.05) is 11.6 Å². The van der Waals surface area contributed by atoms with E-state index in [0.29, 0.717) is 0 Å². The van der Waals surface area contributed by atoms with Crippen molar-refractivity contribution in [3.63, 3.8) is 0 Å². The van der Waals surface area contributed by atoms with Gasteiger partial charge in [0.05, 0.1) is 20.3 Å². The Bertz CT molecular complexity index is 478. The average Bonchev–Trinajstić information content (AvgIpc) is 3.10. The summed E-state index contributed by atoms with van der Waals surface area (Å²) in [6.07, 6.45) is 5.81. The Labute approximate surface area is 134 Å². The summed E-state index contributed by atoms with van der Waals surface area (Å²) < 4.78 is 10.8. The fraction of sp³-hybridized carbons (Fsp3) is 0.667. The Kier molecular flexibility index (Phi) is 5.21. The second kappa shape index (κ2) is 7.34. The van der Waals surface area contributed by atoms with E-state index in [-0.39, 0.29) is 0 Å². The van der Waals surface area contributed by atoms with Crippen molar-refractivity contribution >= 4 is 0 Å². The maximum atomic E-state index is 5.53. The zero-order valence-corrected chi connectivity index (χ0v) is 14.0. The van der Waals surface area contributed by atoms with E-state index in [9.17, 15) is 0 Å². The normalized spacial score (nSPS) is 26.1. The molecule has 2 aliphatic rings. The van der Waals surface area contributed by atoms with Crippen LogP contribution in [0.1, 0.15) is 31.2 Å². The van der Waals surface area contributed by atoms with Gasteiger partial charge in [0.2, 0.25) is 0 Å². The lowest BCUT2D eigenvalue weighted by Gasteiger charge is -2.33. The number of nitrogens with one attached hydrogen (secondary N) is 2. The van der Waals surface area contributed by atoms with Crippen molar-refractivity contribution in [3.05, 3.63) is 23.8 Å². The highest BCUT2D eigenvalue weighted by molar-refractivity contribution is 5.40. The summed E-state index contributed by atoms with van der Waals surface area (Å²) in [5, 5.41) is 0. The molecule has 1 aromatic rings. The number of hydrogen-bond acceptors (Lipinski definition) is 2. The zero-order chi connectivity index (χ0) is 15.4. The molecule has 0 amide bonds. The maximum Gasteiger partial charge on any atom is 0.131 e. The van der Waals surface area contributed by atoms with E-state index in [1.165, 1.54) is 57.4 Å². The third kappa shape index (κ3) is 3.55. The van der Waals surface area contributed by atoms with Crippen molar-refractivity contribution in [2.75, 3.05) is 40.4 Å². The summed E-state index contributed by atoms with van der Waals surface area (Å²) in [7, 11) is 3.44. The third-order valence-electron chi connectivity index (χ3n) is 5.47. The summed E-state index contributed by atoms with van der Waals surface area (Å²) in [6.45, 7) is 6.28. The molecule has 1 aliphatic carbocycles. The fourth-order valence-electron chi connectivity index (χ4n) is 4.11. The smallest absolute Gasteiger partial charge is 0.131 e. The molecule has 1 heterocycles. The van der Waals surface area contributed by atoms with E-state index in [2.05, 4.69) is 6.07 Å². The van der Waals surface area contributed by atoms with Gasteiger partial charge in [-0.2, -0.15) is 0 Å². The highest BCUT2D eigenvalue weighted by atomic mass is 16.5. The minimum absolute atomic E-state index is 0.867. The van der Waals surface area contributed by atoms with Crippen molar-refractivity contribution in [1.29, 1.82) is 0 Å². The lowest BCUT2D eigenvalue weighted by Crippen LogP contribution is -3.29. The highest BCUT2D eigenvalue weighted by Gasteiger charge is 2.31. The van der Waals surface area contributed by atoms with Gasteiger partial charge in [-0.15, -0.1) is 0 Å². The average molecular weight is 306 g/mol. The SMILES string of the molecule is COc1ccc(C[NH+]2CC[NH+](C3CCCC3)CC2)c(OC)c1. The number of rotatable bonds is 5. The van der Waals surface area contributed by atoms with Crippen LogP contribution >= 0.6 is 0 Å². The Morgan fingerprint density at radius 1 is 1.00 bits per heavy atom. The molecule has 1 aliphatic heterocycles. The summed E-state index contributed by atoms with van der Waals surface area (Å²) in [5.74, 6) is 1.82. The molecule has 1 saturated heterocycles. The van der Waals surface area contributed by atoms with Crippen LogP contribution in [0.5, 0.6) is 11.5 Å². The largest absolute Gasteiger partial charge is 0.497 e. The number of hydrogen-bond donors (Lipinski definition) is 2. The quantitative estimate of drug-likeness (QED) is 0.797. The molecule has 0 unspecified atom stereocenters. The van der Waals surface area contributed by atoms with E-state index >= 15 is 0 Å². The van der Waals surface area contributed by atoms with Gasteiger partial charge < -0.3 is 19.3 Å². The molecule has 122 valence electrons. The van der Waals surface area contributed by atoms with Crippen LogP contribution < -0.4 is 19.3 Å². The summed E-state index contributed by atoms with van der Waals surface area (Å²) in [5.41, 5.74) is 1.29. The molecule has 0 aromatic heterocycles. The zero-order valence-electron chi connectivity index (χ0n) is 14.0. The van der Waals surface area contributed by atoms with Crippen LogP contribution in [-0.2, 0) is 6.54 Å². The first-order chi connectivity index (χ1) is 10.8. The van der Waals surface area contributed by atoms with Crippen molar-refractivity contribution < 1.29 is 19.3 Å². The Balaban J connectivity index is 1.56. The van der Waals surface area contributed by atoms with Crippen LogP contribution in [0, 0.1) is 0 Å². The molecule has 0 bridgehead atoms. The fourth-order valence-corrected chi connectivity index (χ4v) is 4.11. The number of benzene rings is 1. The minimum Gasteiger partial charge on any atom is -0.497 e.